The van der Waals surface area contributed by atoms with Gasteiger partial charge in [0.2, 0.25) is 10.0 Å². The molecule has 0 bridgehead atoms. The number of carbonyl (C=O) groups excluding carboxylic acids is 1. The first-order chi connectivity index (χ1) is 10.8. The Hall–Kier alpha value is -2.07. The van der Waals surface area contributed by atoms with E-state index in [1.165, 1.54) is 15.5 Å². The first kappa shape index (κ1) is 15.8. The largest absolute Gasteiger partial charge is 0.323 e. The minimum Gasteiger partial charge on any atom is -0.323 e. The minimum absolute atomic E-state index is 0.188. The maximum atomic E-state index is 12.7. The molecule has 0 spiro atoms. The van der Waals surface area contributed by atoms with E-state index in [4.69, 9.17) is 0 Å². The Bertz CT molecular complexity index is 806. The summed E-state index contributed by atoms with van der Waals surface area (Å²) >= 11 is 0. The molecule has 2 aliphatic rings. The lowest BCUT2D eigenvalue weighted by Crippen LogP contribution is -2.53. The fourth-order valence-electron chi connectivity index (χ4n) is 3.27. The Balaban J connectivity index is 1.89. The second kappa shape index (κ2) is 5.24. The zero-order valence-corrected chi connectivity index (χ0v) is 14.1. The average Bonchev–Trinajstić information content (AvgIpc) is 2.88. The van der Waals surface area contributed by atoms with Gasteiger partial charge in [0, 0.05) is 19.2 Å². The summed E-state index contributed by atoms with van der Waals surface area (Å²) in [4.78, 5) is 14.2. The third-order valence-corrected chi connectivity index (χ3v) is 6.10. The summed E-state index contributed by atoms with van der Waals surface area (Å²) in [5, 5.41) is 9.36. The maximum Gasteiger partial charge on any atom is 0.254 e. The molecule has 0 N–H and O–H groups in total. The molecule has 1 fully saturated rings. The van der Waals surface area contributed by atoms with E-state index in [-0.39, 0.29) is 5.91 Å². The summed E-state index contributed by atoms with van der Waals surface area (Å²) < 4.78 is 24.9. The molecule has 6 nitrogen and oxygen atoms in total. The Morgan fingerprint density at radius 1 is 1.39 bits per heavy atom. The lowest BCUT2D eigenvalue weighted by Gasteiger charge is -2.43. The van der Waals surface area contributed by atoms with Crippen molar-refractivity contribution in [3.8, 4) is 6.07 Å². The van der Waals surface area contributed by atoms with Gasteiger partial charge in [-0.05, 0) is 49.4 Å². The second-order valence-electron chi connectivity index (χ2n) is 6.29. The van der Waals surface area contributed by atoms with Crippen molar-refractivity contribution in [2.45, 2.75) is 31.2 Å². The zero-order chi connectivity index (χ0) is 16.8. The topological polar surface area (TPSA) is 81.5 Å². The minimum atomic E-state index is -3.29. The molecule has 122 valence electrons. The van der Waals surface area contributed by atoms with Gasteiger partial charge in [-0.15, -0.1) is 0 Å². The number of anilines is 1. The van der Waals surface area contributed by atoms with Crippen LogP contribution in [0.2, 0.25) is 0 Å². The van der Waals surface area contributed by atoms with Crippen molar-refractivity contribution in [3.05, 3.63) is 29.3 Å². The summed E-state index contributed by atoms with van der Waals surface area (Å²) in [5.41, 5.74) is 1.32. The van der Waals surface area contributed by atoms with Gasteiger partial charge < -0.3 is 4.90 Å². The Morgan fingerprint density at radius 3 is 2.61 bits per heavy atom. The second-order valence-corrected chi connectivity index (χ2v) is 8.20. The van der Waals surface area contributed by atoms with Crippen LogP contribution >= 0.6 is 0 Å². The smallest absolute Gasteiger partial charge is 0.254 e. The molecule has 0 aromatic heterocycles. The van der Waals surface area contributed by atoms with Crippen LogP contribution in [0.4, 0.5) is 5.69 Å². The van der Waals surface area contributed by atoms with E-state index in [1.807, 2.05) is 0 Å². The highest BCUT2D eigenvalue weighted by Gasteiger charge is 2.43. The van der Waals surface area contributed by atoms with E-state index in [0.29, 0.717) is 37.1 Å². The standard InChI is InChI=1S/C16H19N3O3S/c1-18(16(11-17)7-3-8-16)15(20)13-4-5-14-12(10-13)6-9-19(14)23(2,21)22/h4-5,10H,3,6-9H2,1-2H3. The van der Waals surface area contributed by atoms with Crippen LogP contribution in [0.25, 0.3) is 0 Å². The number of carbonyl (C=O) groups is 1. The molecular formula is C16H19N3O3S. The third kappa shape index (κ3) is 2.47. The van der Waals surface area contributed by atoms with Crippen LogP contribution in [0.15, 0.2) is 18.2 Å². The summed E-state index contributed by atoms with van der Waals surface area (Å²) in [7, 11) is -1.63. The first-order valence-electron chi connectivity index (χ1n) is 7.58. The van der Waals surface area contributed by atoms with Gasteiger partial charge in [-0.2, -0.15) is 5.26 Å². The number of hydrogen-bond donors (Lipinski definition) is 0. The quantitative estimate of drug-likeness (QED) is 0.840. The molecule has 1 amide bonds. The maximum absolute atomic E-state index is 12.7. The summed E-state index contributed by atoms with van der Waals surface area (Å²) in [5.74, 6) is -0.188. The number of nitrogens with zero attached hydrogens (tertiary/aromatic N) is 3. The molecule has 0 atom stereocenters. The van der Waals surface area contributed by atoms with Crippen molar-refractivity contribution in [1.29, 1.82) is 5.26 Å². The number of amides is 1. The summed E-state index contributed by atoms with van der Waals surface area (Å²) in [6.07, 6.45) is 4.15. The van der Waals surface area contributed by atoms with Gasteiger partial charge in [-0.3, -0.25) is 9.10 Å². The third-order valence-electron chi connectivity index (χ3n) is 4.92. The fourth-order valence-corrected chi connectivity index (χ4v) is 4.23. The predicted molar refractivity (Wildman–Crippen MR) is 86.6 cm³/mol. The van der Waals surface area contributed by atoms with Gasteiger partial charge in [0.1, 0.15) is 5.54 Å². The molecule has 3 rings (SSSR count). The van der Waals surface area contributed by atoms with Gasteiger partial charge >= 0.3 is 0 Å². The van der Waals surface area contributed by atoms with Crippen LogP contribution in [0.5, 0.6) is 0 Å². The monoisotopic (exact) mass is 333 g/mol. The molecule has 1 aliphatic carbocycles. The van der Waals surface area contributed by atoms with Crippen LogP contribution in [-0.4, -0.2) is 44.6 Å². The molecule has 7 heteroatoms. The van der Waals surface area contributed by atoms with Crippen LogP contribution in [0.3, 0.4) is 0 Å². The van der Waals surface area contributed by atoms with Gasteiger partial charge in [-0.25, -0.2) is 8.42 Å². The number of rotatable bonds is 3. The van der Waals surface area contributed by atoms with Gasteiger partial charge in [-0.1, -0.05) is 0 Å². The van der Waals surface area contributed by atoms with Crippen LogP contribution in [0.1, 0.15) is 35.2 Å². The molecule has 0 unspecified atom stereocenters. The van der Waals surface area contributed by atoms with Gasteiger partial charge in [0.25, 0.3) is 5.91 Å². The SMILES string of the molecule is CN(C(=O)c1ccc2c(c1)CCN2S(C)(=O)=O)C1(C#N)CCC1. The van der Waals surface area contributed by atoms with E-state index in [0.717, 1.165) is 12.0 Å². The Labute approximate surface area is 136 Å². The van der Waals surface area contributed by atoms with Crippen molar-refractivity contribution < 1.29 is 13.2 Å². The normalized spacial score (nSPS) is 18.7. The first-order valence-corrected chi connectivity index (χ1v) is 9.43. The highest BCUT2D eigenvalue weighted by Crippen LogP contribution is 2.37. The molecule has 1 aliphatic heterocycles. The summed E-state index contributed by atoms with van der Waals surface area (Å²) in [6.45, 7) is 0.407. The van der Waals surface area contributed by atoms with Crippen LogP contribution in [-0.2, 0) is 16.4 Å². The average molecular weight is 333 g/mol. The van der Waals surface area contributed by atoms with E-state index < -0.39 is 15.6 Å². The fraction of sp³-hybridized carbons (Fsp3) is 0.500. The molecule has 1 heterocycles. The number of nitriles is 1. The number of hydrogen-bond acceptors (Lipinski definition) is 4. The summed E-state index contributed by atoms with van der Waals surface area (Å²) in [6, 6.07) is 7.34. The molecule has 23 heavy (non-hydrogen) atoms. The molecule has 1 aromatic carbocycles. The number of benzene rings is 1. The van der Waals surface area contributed by atoms with Crippen molar-refractivity contribution in [3.63, 3.8) is 0 Å². The van der Waals surface area contributed by atoms with Crippen molar-refractivity contribution in [2.75, 3.05) is 24.2 Å². The highest BCUT2D eigenvalue weighted by atomic mass is 32.2. The number of sulfonamides is 1. The van der Waals surface area contributed by atoms with Crippen molar-refractivity contribution in [2.24, 2.45) is 0 Å². The Kier molecular flexibility index (Phi) is 3.60. The van der Waals surface area contributed by atoms with Gasteiger partial charge in [0.05, 0.1) is 18.0 Å². The zero-order valence-electron chi connectivity index (χ0n) is 13.2. The molecule has 1 aromatic rings. The van der Waals surface area contributed by atoms with Crippen molar-refractivity contribution >= 4 is 21.6 Å². The van der Waals surface area contributed by atoms with E-state index >= 15 is 0 Å². The van der Waals surface area contributed by atoms with E-state index in [2.05, 4.69) is 6.07 Å². The molecule has 0 saturated heterocycles. The van der Waals surface area contributed by atoms with Crippen LogP contribution < -0.4 is 4.31 Å². The van der Waals surface area contributed by atoms with Crippen molar-refractivity contribution in [1.82, 2.24) is 4.90 Å². The molecule has 0 radical (unpaired) electrons. The Morgan fingerprint density at radius 2 is 2.09 bits per heavy atom. The molecular weight excluding hydrogens is 314 g/mol. The van der Waals surface area contributed by atoms with E-state index in [1.54, 1.807) is 25.2 Å². The van der Waals surface area contributed by atoms with Crippen LogP contribution in [0, 0.1) is 11.3 Å². The lowest BCUT2D eigenvalue weighted by atomic mass is 9.76. The number of fused-ring (bicyclic) bond motifs is 1. The van der Waals surface area contributed by atoms with E-state index in [9.17, 15) is 18.5 Å². The molecule has 1 saturated carbocycles. The van der Waals surface area contributed by atoms with Gasteiger partial charge in [0.15, 0.2) is 0 Å². The predicted octanol–water partition coefficient (Wildman–Crippen LogP) is 1.53. The highest BCUT2D eigenvalue weighted by molar-refractivity contribution is 7.92. The lowest BCUT2D eigenvalue weighted by molar-refractivity contribution is 0.0497.